The number of H-pyrrole nitrogens is 1. The van der Waals surface area contributed by atoms with E-state index in [2.05, 4.69) is 10.2 Å². The van der Waals surface area contributed by atoms with E-state index in [0.717, 1.165) is 6.07 Å². The Balaban J connectivity index is 2.65. The van der Waals surface area contributed by atoms with Crippen LogP contribution in [-0.4, -0.2) is 19.7 Å². The molecule has 0 fully saturated rings. The Bertz CT molecular complexity index is 730. The normalized spacial score (nSPS) is 11.6. The number of nitro benzene ring substituents is 1. The number of benzene rings is 1. The minimum Gasteiger partial charge on any atom is -0.295 e. The van der Waals surface area contributed by atoms with Gasteiger partial charge >= 0.3 is 0 Å². The van der Waals surface area contributed by atoms with Crippen LogP contribution in [0.15, 0.2) is 18.2 Å². The number of halogens is 1. The molecule has 8 heteroatoms. The minimum absolute atomic E-state index is 0.165. The highest BCUT2D eigenvalue weighted by molar-refractivity contribution is 7.71. The zero-order chi connectivity index (χ0) is 15.1. The van der Waals surface area contributed by atoms with Crippen molar-refractivity contribution in [3.05, 3.63) is 38.9 Å². The van der Waals surface area contributed by atoms with Crippen LogP contribution in [0.3, 0.4) is 0 Å². The van der Waals surface area contributed by atoms with Crippen molar-refractivity contribution in [2.75, 3.05) is 0 Å². The zero-order valence-corrected chi connectivity index (χ0v) is 12.0. The van der Waals surface area contributed by atoms with E-state index in [1.165, 1.54) is 12.1 Å². The van der Waals surface area contributed by atoms with Crippen LogP contribution in [0.1, 0.15) is 20.8 Å². The van der Waals surface area contributed by atoms with Gasteiger partial charge in [-0.3, -0.25) is 19.8 Å². The lowest BCUT2D eigenvalue weighted by molar-refractivity contribution is -0.385. The lowest BCUT2D eigenvalue weighted by Crippen LogP contribution is -2.23. The first-order valence-electron chi connectivity index (χ1n) is 5.84. The van der Waals surface area contributed by atoms with Crippen molar-refractivity contribution < 1.29 is 9.31 Å². The highest BCUT2D eigenvalue weighted by Gasteiger charge is 2.23. The molecule has 0 bridgehead atoms. The van der Waals surface area contributed by atoms with Gasteiger partial charge in [-0.25, -0.2) is 4.39 Å². The Hall–Kier alpha value is -2.09. The second-order valence-corrected chi connectivity index (χ2v) is 5.67. The molecule has 0 aliphatic carbocycles. The number of non-ortho nitro benzene ring substituents is 1. The van der Waals surface area contributed by atoms with Gasteiger partial charge < -0.3 is 0 Å². The fourth-order valence-electron chi connectivity index (χ4n) is 1.90. The predicted molar refractivity (Wildman–Crippen MR) is 74.5 cm³/mol. The van der Waals surface area contributed by atoms with E-state index in [1.807, 2.05) is 20.8 Å². The minimum atomic E-state index is -0.710. The molecule has 1 aromatic heterocycles. The lowest BCUT2D eigenvalue weighted by Gasteiger charge is -2.22. The molecule has 0 saturated carbocycles. The third kappa shape index (κ3) is 2.46. The van der Waals surface area contributed by atoms with Crippen LogP contribution in [0.25, 0.3) is 11.4 Å². The van der Waals surface area contributed by atoms with Crippen LogP contribution in [0, 0.1) is 20.7 Å². The number of rotatable bonds is 2. The van der Waals surface area contributed by atoms with E-state index in [0.29, 0.717) is 10.6 Å². The Morgan fingerprint density at radius 2 is 2.10 bits per heavy atom. The second-order valence-electron chi connectivity index (χ2n) is 5.28. The summed E-state index contributed by atoms with van der Waals surface area (Å²) in [6, 6.07) is 3.45. The molecule has 1 N–H and O–H groups in total. The molecule has 20 heavy (non-hydrogen) atoms. The summed E-state index contributed by atoms with van der Waals surface area (Å²) >= 11 is 5.15. The van der Waals surface area contributed by atoms with Gasteiger partial charge in [-0.2, -0.15) is 5.10 Å². The highest BCUT2D eigenvalue weighted by Crippen LogP contribution is 2.28. The molecule has 0 unspecified atom stereocenters. The number of hydrogen-bond acceptors (Lipinski definition) is 4. The summed E-state index contributed by atoms with van der Waals surface area (Å²) in [5.74, 6) is -0.395. The molecule has 0 saturated heterocycles. The zero-order valence-electron chi connectivity index (χ0n) is 11.2. The first-order chi connectivity index (χ1) is 9.21. The van der Waals surface area contributed by atoms with Gasteiger partial charge in [0.05, 0.1) is 16.6 Å². The number of nitrogens with one attached hydrogen (secondary N) is 1. The molecule has 0 aliphatic rings. The molecule has 6 nitrogen and oxygen atoms in total. The van der Waals surface area contributed by atoms with E-state index in [1.54, 1.807) is 4.57 Å². The summed E-state index contributed by atoms with van der Waals surface area (Å²) < 4.78 is 16.1. The largest absolute Gasteiger partial charge is 0.295 e. The average Bonchev–Trinajstić information content (AvgIpc) is 2.70. The van der Waals surface area contributed by atoms with E-state index < -0.39 is 16.3 Å². The lowest BCUT2D eigenvalue weighted by atomic mass is 10.1. The van der Waals surface area contributed by atoms with Crippen molar-refractivity contribution in [1.29, 1.82) is 0 Å². The van der Waals surface area contributed by atoms with Gasteiger partial charge in [0, 0.05) is 11.6 Å². The third-order valence-electron chi connectivity index (χ3n) is 2.75. The molecular weight excluding hydrogens is 283 g/mol. The Kier molecular flexibility index (Phi) is 3.43. The number of hydrogen-bond donors (Lipinski definition) is 1. The summed E-state index contributed by atoms with van der Waals surface area (Å²) in [6.07, 6.45) is 0. The van der Waals surface area contributed by atoms with Gasteiger partial charge in [-0.05, 0) is 39.1 Å². The van der Waals surface area contributed by atoms with Gasteiger partial charge in [-0.1, -0.05) is 0 Å². The van der Waals surface area contributed by atoms with Crippen molar-refractivity contribution in [3.63, 3.8) is 0 Å². The van der Waals surface area contributed by atoms with Crippen molar-refractivity contribution in [1.82, 2.24) is 14.8 Å². The predicted octanol–water partition coefficient (Wildman–Crippen LogP) is 3.41. The maximum atomic E-state index is 14.1. The first kappa shape index (κ1) is 14.3. The molecule has 0 radical (unpaired) electrons. The standard InChI is InChI=1S/C12H13FN4O2S/c1-12(2,3)16-10(14-15-11(16)20)8-5-4-7(17(18)19)6-9(8)13/h4-6H,1-3H3,(H,15,20). The highest BCUT2D eigenvalue weighted by atomic mass is 32.1. The van der Waals surface area contributed by atoms with Crippen LogP contribution in [0.2, 0.25) is 0 Å². The van der Waals surface area contributed by atoms with Crippen molar-refractivity contribution in [3.8, 4) is 11.4 Å². The maximum absolute atomic E-state index is 14.1. The Morgan fingerprint density at radius 3 is 2.60 bits per heavy atom. The van der Waals surface area contributed by atoms with Gasteiger partial charge in [0.15, 0.2) is 10.6 Å². The van der Waals surface area contributed by atoms with Gasteiger partial charge in [0.2, 0.25) is 0 Å². The van der Waals surface area contributed by atoms with Gasteiger partial charge in [0.25, 0.3) is 5.69 Å². The summed E-state index contributed by atoms with van der Waals surface area (Å²) in [5.41, 5.74) is -0.534. The number of aromatic nitrogens is 3. The smallest absolute Gasteiger partial charge is 0.272 e. The van der Waals surface area contributed by atoms with E-state index in [-0.39, 0.29) is 11.3 Å². The molecule has 0 atom stereocenters. The van der Waals surface area contributed by atoms with Crippen LogP contribution in [0.4, 0.5) is 10.1 Å². The van der Waals surface area contributed by atoms with Crippen LogP contribution in [0.5, 0.6) is 0 Å². The number of nitrogens with zero attached hydrogens (tertiary/aromatic N) is 3. The van der Waals surface area contributed by atoms with Crippen LogP contribution < -0.4 is 0 Å². The topological polar surface area (TPSA) is 76.8 Å². The van der Waals surface area contributed by atoms with Crippen LogP contribution in [-0.2, 0) is 5.54 Å². The van der Waals surface area contributed by atoms with E-state index in [9.17, 15) is 14.5 Å². The molecule has 0 amide bonds. The van der Waals surface area contributed by atoms with E-state index in [4.69, 9.17) is 12.2 Å². The molecule has 1 heterocycles. The number of nitro groups is 1. The van der Waals surface area contributed by atoms with Gasteiger partial charge in [0.1, 0.15) is 5.82 Å². The van der Waals surface area contributed by atoms with Crippen molar-refractivity contribution in [2.24, 2.45) is 0 Å². The first-order valence-corrected chi connectivity index (χ1v) is 6.25. The fraction of sp³-hybridized carbons (Fsp3) is 0.333. The summed E-state index contributed by atoms with van der Waals surface area (Å²) in [4.78, 5) is 9.98. The van der Waals surface area contributed by atoms with Gasteiger partial charge in [-0.15, -0.1) is 0 Å². The van der Waals surface area contributed by atoms with Crippen molar-refractivity contribution in [2.45, 2.75) is 26.3 Å². The quantitative estimate of drug-likeness (QED) is 0.523. The Morgan fingerprint density at radius 1 is 1.45 bits per heavy atom. The molecule has 0 aliphatic heterocycles. The number of aromatic amines is 1. The monoisotopic (exact) mass is 296 g/mol. The maximum Gasteiger partial charge on any atom is 0.272 e. The molecule has 106 valence electrons. The van der Waals surface area contributed by atoms with Crippen LogP contribution >= 0.6 is 12.2 Å². The van der Waals surface area contributed by atoms with E-state index >= 15 is 0 Å². The molecule has 2 rings (SSSR count). The third-order valence-corrected chi connectivity index (χ3v) is 3.02. The average molecular weight is 296 g/mol. The molecule has 1 aromatic carbocycles. The molecule has 0 spiro atoms. The summed E-state index contributed by atoms with van der Waals surface area (Å²) in [7, 11) is 0. The Labute approximate surface area is 119 Å². The summed E-state index contributed by atoms with van der Waals surface area (Å²) in [6.45, 7) is 5.72. The fourth-order valence-corrected chi connectivity index (χ4v) is 2.30. The van der Waals surface area contributed by atoms with Crippen molar-refractivity contribution >= 4 is 17.9 Å². The second kappa shape index (κ2) is 4.78. The molecular formula is C12H13FN4O2S. The summed E-state index contributed by atoms with van der Waals surface area (Å²) in [5, 5.41) is 17.3. The molecule has 2 aromatic rings. The SMILES string of the molecule is CC(C)(C)n1c(-c2ccc([N+](=O)[O-])cc2F)n[nH]c1=S.